The number of carbonyl (C=O) groups excluding carboxylic acids is 4. The maximum Gasteiger partial charge on any atom is 0.246 e. The summed E-state index contributed by atoms with van der Waals surface area (Å²) in [6.07, 6.45) is 2.81. The van der Waals surface area contributed by atoms with Crippen LogP contribution in [0.25, 0.3) is 0 Å². The largest absolute Gasteiger partial charge is 0.343 e. The molecule has 0 aromatic heterocycles. The van der Waals surface area contributed by atoms with Gasteiger partial charge < -0.3 is 20.4 Å². The van der Waals surface area contributed by atoms with E-state index in [1.165, 1.54) is 36.0 Å². The highest BCUT2D eigenvalue weighted by molar-refractivity contribution is 8.14. The van der Waals surface area contributed by atoms with Crippen LogP contribution in [0.2, 0.25) is 0 Å². The van der Waals surface area contributed by atoms with Gasteiger partial charge in [0.15, 0.2) is 5.78 Å². The summed E-state index contributed by atoms with van der Waals surface area (Å²) in [5, 5.41) is 6.68. The van der Waals surface area contributed by atoms with Crippen LogP contribution in [0.15, 0.2) is 29.3 Å². The molecule has 4 rings (SSSR count). The molecule has 3 aliphatic rings. The minimum Gasteiger partial charge on any atom is -0.343 e. The van der Waals surface area contributed by atoms with Gasteiger partial charge >= 0.3 is 0 Å². The van der Waals surface area contributed by atoms with Crippen LogP contribution in [0.1, 0.15) is 49.9 Å². The fourth-order valence-electron chi connectivity index (χ4n) is 5.32. The summed E-state index contributed by atoms with van der Waals surface area (Å²) in [5.74, 6) is -0.530. The van der Waals surface area contributed by atoms with Crippen molar-refractivity contribution >= 4 is 40.3 Å². The lowest BCUT2D eigenvalue weighted by atomic mass is 9.88. The molecule has 1 aromatic carbocycles. The van der Waals surface area contributed by atoms with Crippen LogP contribution in [-0.2, 0) is 14.4 Å². The first-order valence-corrected chi connectivity index (χ1v) is 14.2. The number of thioether (sulfide) groups is 1. The number of carbonyl (C=O) groups is 4. The van der Waals surface area contributed by atoms with Crippen LogP contribution in [0, 0.1) is 11.7 Å². The first kappa shape index (κ1) is 28.2. The summed E-state index contributed by atoms with van der Waals surface area (Å²) in [6.45, 7) is 4.96. The van der Waals surface area contributed by atoms with Gasteiger partial charge in [-0.1, -0.05) is 0 Å². The standard InChI is InChI=1S/C27H36FN5O4S/c1-16(29-3)25(36)31-23(18-10-13-32(14-11-18)17(2)34)27(37)33-12-4-5-22(33)26-30-21(15-38-26)24(35)19-6-8-20(28)9-7-19/h6-9,16,18,21-23,29H,4-5,10-15H2,1-3H3,(H,31,36)/t16-,21?,22-,23-/m0/s1. The topological polar surface area (TPSA) is 111 Å². The highest BCUT2D eigenvalue weighted by Gasteiger charge is 2.42. The molecule has 11 heteroatoms. The molecule has 38 heavy (non-hydrogen) atoms. The Hall–Kier alpha value is -2.79. The van der Waals surface area contributed by atoms with Gasteiger partial charge in [0.25, 0.3) is 0 Å². The molecule has 0 saturated carbocycles. The van der Waals surface area contributed by atoms with Crippen molar-refractivity contribution in [2.45, 2.75) is 63.7 Å². The number of rotatable bonds is 8. The molecular formula is C27H36FN5O4S. The van der Waals surface area contributed by atoms with Gasteiger partial charge in [0.05, 0.1) is 17.1 Å². The molecule has 2 N–H and O–H groups in total. The fraction of sp³-hybridized carbons (Fsp3) is 0.593. The van der Waals surface area contributed by atoms with Crippen LogP contribution in [0.5, 0.6) is 0 Å². The molecule has 0 spiro atoms. The average Bonchev–Trinajstić information content (AvgIpc) is 3.61. The number of hydrogen-bond donors (Lipinski definition) is 2. The van der Waals surface area contributed by atoms with Crippen LogP contribution in [-0.4, -0.2) is 95.0 Å². The van der Waals surface area contributed by atoms with Crippen molar-refractivity contribution in [1.82, 2.24) is 20.4 Å². The van der Waals surface area contributed by atoms with E-state index < -0.39 is 23.9 Å². The average molecular weight is 546 g/mol. The predicted octanol–water partition coefficient (Wildman–Crippen LogP) is 1.86. The Bertz CT molecular complexity index is 1090. The summed E-state index contributed by atoms with van der Waals surface area (Å²) in [7, 11) is 1.70. The molecule has 0 aliphatic carbocycles. The number of nitrogens with zero attached hydrogens (tertiary/aromatic N) is 3. The van der Waals surface area contributed by atoms with Gasteiger partial charge in [-0.25, -0.2) is 4.39 Å². The van der Waals surface area contributed by atoms with Gasteiger partial charge in [0.1, 0.15) is 17.9 Å². The number of halogens is 1. The van der Waals surface area contributed by atoms with Gasteiger partial charge in [-0.3, -0.25) is 24.2 Å². The second-order valence-corrected chi connectivity index (χ2v) is 11.2. The van der Waals surface area contributed by atoms with Crippen molar-refractivity contribution in [3.63, 3.8) is 0 Å². The monoisotopic (exact) mass is 545 g/mol. The zero-order chi connectivity index (χ0) is 27.4. The minimum atomic E-state index is -0.698. The van der Waals surface area contributed by atoms with Crippen LogP contribution < -0.4 is 10.6 Å². The van der Waals surface area contributed by atoms with E-state index in [2.05, 4.69) is 10.6 Å². The Labute approximate surface area is 227 Å². The lowest BCUT2D eigenvalue weighted by Gasteiger charge is -2.38. The van der Waals surface area contributed by atoms with E-state index in [-0.39, 0.29) is 35.5 Å². The predicted molar refractivity (Wildman–Crippen MR) is 145 cm³/mol. The molecule has 2 fully saturated rings. The maximum absolute atomic E-state index is 14.0. The second kappa shape index (κ2) is 12.4. The molecule has 3 aliphatic heterocycles. The number of ketones is 1. The molecule has 2 saturated heterocycles. The number of hydrogen-bond acceptors (Lipinski definition) is 7. The third kappa shape index (κ3) is 6.26. The van der Waals surface area contributed by atoms with E-state index in [1.54, 1.807) is 25.8 Å². The third-order valence-corrected chi connectivity index (χ3v) is 8.93. The number of piperidine rings is 1. The van der Waals surface area contributed by atoms with Crippen molar-refractivity contribution in [2.75, 3.05) is 32.4 Å². The zero-order valence-corrected chi connectivity index (χ0v) is 22.9. The molecule has 1 aromatic rings. The molecule has 3 heterocycles. The van der Waals surface area contributed by atoms with Crippen molar-refractivity contribution in [3.8, 4) is 0 Å². The van der Waals surface area contributed by atoms with E-state index >= 15 is 0 Å². The summed E-state index contributed by atoms with van der Waals surface area (Å²) < 4.78 is 13.3. The Balaban J connectivity index is 1.50. The third-order valence-electron chi connectivity index (χ3n) is 7.77. The molecule has 9 nitrogen and oxygen atoms in total. The molecular weight excluding hydrogens is 509 g/mol. The smallest absolute Gasteiger partial charge is 0.246 e. The second-order valence-electron chi connectivity index (χ2n) is 10.2. The Morgan fingerprint density at radius 1 is 1.08 bits per heavy atom. The summed E-state index contributed by atoms with van der Waals surface area (Å²) in [6, 6.07) is 3.51. The number of amides is 3. The van der Waals surface area contributed by atoms with Gasteiger partial charge in [0, 0.05) is 37.9 Å². The van der Waals surface area contributed by atoms with E-state index in [9.17, 15) is 23.6 Å². The number of aliphatic imine (C=N–C) groups is 1. The molecule has 206 valence electrons. The number of benzene rings is 1. The first-order chi connectivity index (χ1) is 18.2. The lowest BCUT2D eigenvalue weighted by Crippen LogP contribution is -2.58. The summed E-state index contributed by atoms with van der Waals surface area (Å²) in [5.41, 5.74) is 0.416. The highest BCUT2D eigenvalue weighted by Crippen LogP contribution is 2.32. The number of likely N-dealkylation sites (N-methyl/N-ethyl adjacent to an activating group) is 1. The van der Waals surface area contributed by atoms with Gasteiger partial charge in [0.2, 0.25) is 17.7 Å². The van der Waals surface area contributed by atoms with Crippen LogP contribution in [0.4, 0.5) is 4.39 Å². The number of likely N-dealkylation sites (tertiary alicyclic amines) is 2. The van der Waals surface area contributed by atoms with Gasteiger partial charge in [-0.05, 0) is 69.8 Å². The Morgan fingerprint density at radius 2 is 1.76 bits per heavy atom. The number of nitrogens with one attached hydrogen (secondary N) is 2. The normalized spacial score (nSPS) is 23.6. The van der Waals surface area contributed by atoms with Crippen molar-refractivity contribution in [1.29, 1.82) is 0 Å². The quantitative estimate of drug-likeness (QED) is 0.483. The van der Waals surface area contributed by atoms with Gasteiger partial charge in [-0.2, -0.15) is 0 Å². The molecule has 0 radical (unpaired) electrons. The van der Waals surface area contributed by atoms with Crippen molar-refractivity contribution < 1.29 is 23.6 Å². The van der Waals surface area contributed by atoms with E-state index in [4.69, 9.17) is 4.99 Å². The molecule has 1 unspecified atom stereocenters. The fourth-order valence-corrected chi connectivity index (χ4v) is 6.51. The molecule has 4 atom stereocenters. The van der Waals surface area contributed by atoms with Gasteiger partial charge in [-0.15, -0.1) is 11.8 Å². The number of Topliss-reactive ketones (excluding diaryl/α,β-unsaturated/α-hetero) is 1. The molecule has 3 amide bonds. The summed E-state index contributed by atoms with van der Waals surface area (Å²) in [4.78, 5) is 59.9. The SMILES string of the molecule is CN[C@@H](C)C(=O)N[C@H](C(=O)N1CCC[C@H]1C1=NC(C(=O)c2ccc(F)cc2)CS1)C1CCN(C(C)=O)CC1. The zero-order valence-electron chi connectivity index (χ0n) is 22.1. The lowest BCUT2D eigenvalue weighted by molar-refractivity contribution is -0.139. The first-order valence-electron chi connectivity index (χ1n) is 13.2. The van der Waals surface area contributed by atoms with E-state index in [1.807, 2.05) is 4.90 Å². The van der Waals surface area contributed by atoms with Crippen molar-refractivity contribution in [3.05, 3.63) is 35.6 Å². The highest BCUT2D eigenvalue weighted by atomic mass is 32.2. The maximum atomic E-state index is 14.0. The molecule has 0 bridgehead atoms. The Morgan fingerprint density at radius 3 is 2.39 bits per heavy atom. The van der Waals surface area contributed by atoms with Crippen LogP contribution >= 0.6 is 11.8 Å². The van der Waals surface area contributed by atoms with E-state index in [0.717, 1.165) is 17.9 Å². The van der Waals surface area contributed by atoms with E-state index in [0.29, 0.717) is 43.8 Å². The van der Waals surface area contributed by atoms with Crippen molar-refractivity contribution in [2.24, 2.45) is 10.9 Å². The van der Waals surface area contributed by atoms with Crippen LogP contribution in [0.3, 0.4) is 0 Å². The Kier molecular flexibility index (Phi) is 9.19. The minimum absolute atomic E-state index is 0.0137. The summed E-state index contributed by atoms with van der Waals surface area (Å²) >= 11 is 1.49.